The average molecular weight is 296 g/mol. The summed E-state index contributed by atoms with van der Waals surface area (Å²) in [6.07, 6.45) is 0. The van der Waals surface area contributed by atoms with Gasteiger partial charge in [0.1, 0.15) is 11.5 Å². The van der Waals surface area contributed by atoms with E-state index in [1.165, 1.54) is 0 Å². The fourth-order valence-electron chi connectivity index (χ4n) is 1.83. The molecule has 4 heteroatoms. The molecular formula is C15H15Cl2NO. The molecule has 0 aromatic heterocycles. The van der Waals surface area contributed by atoms with Crippen LogP contribution in [0.15, 0.2) is 36.4 Å². The molecule has 0 aliphatic carbocycles. The Morgan fingerprint density at radius 2 is 1.89 bits per heavy atom. The average Bonchev–Trinajstić information content (AvgIpc) is 2.37. The summed E-state index contributed by atoms with van der Waals surface area (Å²) in [5, 5.41) is 4.48. The molecule has 0 atom stereocenters. The van der Waals surface area contributed by atoms with Crippen LogP contribution in [0.25, 0.3) is 0 Å². The van der Waals surface area contributed by atoms with E-state index in [0.29, 0.717) is 16.6 Å². The first kappa shape index (κ1) is 14.2. The zero-order chi connectivity index (χ0) is 13.8. The van der Waals surface area contributed by atoms with Gasteiger partial charge in [-0.2, -0.15) is 0 Å². The highest BCUT2D eigenvalue weighted by Gasteiger charge is 2.09. The predicted molar refractivity (Wildman–Crippen MR) is 80.5 cm³/mol. The van der Waals surface area contributed by atoms with Crippen molar-refractivity contribution in [2.24, 2.45) is 0 Å². The standard InChI is InChI=1S/C15H15Cl2NO/c1-10-8-11(16)6-7-14(10)19-15-5-3-4-13(17)12(15)9-18-2/h3-8,18H,9H2,1-2H3. The maximum absolute atomic E-state index is 6.20. The molecule has 2 aromatic carbocycles. The summed E-state index contributed by atoms with van der Waals surface area (Å²) in [6, 6.07) is 11.2. The zero-order valence-electron chi connectivity index (χ0n) is 10.8. The van der Waals surface area contributed by atoms with E-state index < -0.39 is 0 Å². The van der Waals surface area contributed by atoms with Gasteiger partial charge in [0.25, 0.3) is 0 Å². The first-order valence-corrected chi connectivity index (χ1v) is 6.73. The van der Waals surface area contributed by atoms with Gasteiger partial charge in [-0.1, -0.05) is 29.3 Å². The Bertz CT molecular complexity index is 584. The van der Waals surface area contributed by atoms with Crippen LogP contribution in [-0.4, -0.2) is 7.05 Å². The highest BCUT2D eigenvalue weighted by atomic mass is 35.5. The van der Waals surface area contributed by atoms with Gasteiger partial charge in [0, 0.05) is 22.2 Å². The van der Waals surface area contributed by atoms with Crippen LogP contribution in [0, 0.1) is 6.92 Å². The van der Waals surface area contributed by atoms with Crippen molar-refractivity contribution < 1.29 is 4.74 Å². The summed E-state index contributed by atoms with van der Waals surface area (Å²) in [6.45, 7) is 2.62. The molecule has 2 aromatic rings. The van der Waals surface area contributed by atoms with Crippen molar-refractivity contribution in [2.45, 2.75) is 13.5 Å². The molecule has 0 heterocycles. The van der Waals surface area contributed by atoms with Crippen LogP contribution in [0.3, 0.4) is 0 Å². The molecule has 0 amide bonds. The van der Waals surface area contributed by atoms with Crippen LogP contribution in [0.4, 0.5) is 0 Å². The fraction of sp³-hybridized carbons (Fsp3) is 0.200. The number of benzene rings is 2. The minimum absolute atomic E-state index is 0.654. The van der Waals surface area contributed by atoms with E-state index in [-0.39, 0.29) is 0 Å². The summed E-state index contributed by atoms with van der Waals surface area (Å²) < 4.78 is 5.95. The second-order valence-corrected chi connectivity index (χ2v) is 5.10. The maximum atomic E-state index is 6.20. The van der Waals surface area contributed by atoms with Gasteiger partial charge < -0.3 is 10.1 Å². The van der Waals surface area contributed by atoms with E-state index in [9.17, 15) is 0 Å². The maximum Gasteiger partial charge on any atom is 0.133 e. The summed E-state index contributed by atoms with van der Waals surface area (Å²) in [5.74, 6) is 1.54. The Kier molecular flexibility index (Phi) is 4.70. The lowest BCUT2D eigenvalue weighted by Crippen LogP contribution is -2.07. The number of halogens is 2. The van der Waals surface area contributed by atoms with E-state index in [1.54, 1.807) is 0 Å². The molecule has 0 radical (unpaired) electrons. The van der Waals surface area contributed by atoms with Gasteiger partial charge in [-0.15, -0.1) is 0 Å². The zero-order valence-corrected chi connectivity index (χ0v) is 12.3. The summed E-state index contributed by atoms with van der Waals surface area (Å²) >= 11 is 12.1. The van der Waals surface area contributed by atoms with Crippen molar-refractivity contribution in [2.75, 3.05) is 7.05 Å². The van der Waals surface area contributed by atoms with E-state index in [2.05, 4.69) is 5.32 Å². The number of hydrogen-bond acceptors (Lipinski definition) is 2. The first-order chi connectivity index (χ1) is 9.11. The predicted octanol–water partition coefficient (Wildman–Crippen LogP) is 4.81. The highest BCUT2D eigenvalue weighted by Crippen LogP contribution is 2.32. The third-order valence-corrected chi connectivity index (χ3v) is 3.38. The van der Waals surface area contributed by atoms with Gasteiger partial charge >= 0.3 is 0 Å². The lowest BCUT2D eigenvalue weighted by molar-refractivity contribution is 0.471. The van der Waals surface area contributed by atoms with Gasteiger partial charge in [-0.25, -0.2) is 0 Å². The molecule has 2 nitrogen and oxygen atoms in total. The number of hydrogen-bond donors (Lipinski definition) is 1. The largest absolute Gasteiger partial charge is 0.457 e. The van der Waals surface area contributed by atoms with Crippen molar-refractivity contribution >= 4 is 23.2 Å². The van der Waals surface area contributed by atoms with Crippen LogP contribution in [-0.2, 0) is 6.54 Å². The van der Waals surface area contributed by atoms with Gasteiger partial charge in [-0.05, 0) is 49.9 Å². The Hall–Kier alpha value is -1.22. The number of aryl methyl sites for hydroxylation is 1. The Labute approximate surface area is 123 Å². The van der Waals surface area contributed by atoms with E-state index in [0.717, 1.165) is 22.6 Å². The van der Waals surface area contributed by atoms with Crippen molar-refractivity contribution in [3.63, 3.8) is 0 Å². The van der Waals surface area contributed by atoms with Crippen molar-refractivity contribution in [3.8, 4) is 11.5 Å². The summed E-state index contributed by atoms with van der Waals surface area (Å²) in [4.78, 5) is 0. The molecule has 0 spiro atoms. The fourth-order valence-corrected chi connectivity index (χ4v) is 2.29. The van der Waals surface area contributed by atoms with Crippen LogP contribution >= 0.6 is 23.2 Å². The van der Waals surface area contributed by atoms with Crippen molar-refractivity contribution in [3.05, 3.63) is 57.6 Å². The molecule has 0 saturated carbocycles. The van der Waals surface area contributed by atoms with Crippen molar-refractivity contribution in [1.82, 2.24) is 5.32 Å². The van der Waals surface area contributed by atoms with Crippen molar-refractivity contribution in [1.29, 1.82) is 0 Å². The molecule has 1 N–H and O–H groups in total. The van der Waals surface area contributed by atoms with Crippen LogP contribution in [0.5, 0.6) is 11.5 Å². The molecule has 2 rings (SSSR count). The molecule has 0 saturated heterocycles. The molecule has 100 valence electrons. The van der Waals surface area contributed by atoms with Gasteiger partial charge in [0.2, 0.25) is 0 Å². The first-order valence-electron chi connectivity index (χ1n) is 5.98. The van der Waals surface area contributed by atoms with Crippen LogP contribution in [0.2, 0.25) is 10.0 Å². The lowest BCUT2D eigenvalue weighted by Gasteiger charge is -2.14. The quantitative estimate of drug-likeness (QED) is 0.874. The van der Waals surface area contributed by atoms with E-state index in [1.807, 2.05) is 50.4 Å². The molecule has 0 unspecified atom stereocenters. The summed E-state index contributed by atoms with van der Waals surface area (Å²) in [7, 11) is 1.88. The minimum atomic E-state index is 0.654. The number of rotatable bonds is 4. The monoisotopic (exact) mass is 295 g/mol. The minimum Gasteiger partial charge on any atom is -0.457 e. The third-order valence-electron chi connectivity index (χ3n) is 2.79. The highest BCUT2D eigenvalue weighted by molar-refractivity contribution is 6.31. The Morgan fingerprint density at radius 3 is 2.58 bits per heavy atom. The van der Waals surface area contributed by atoms with Gasteiger partial charge in [-0.3, -0.25) is 0 Å². The Morgan fingerprint density at radius 1 is 1.11 bits per heavy atom. The topological polar surface area (TPSA) is 21.3 Å². The third kappa shape index (κ3) is 3.41. The number of ether oxygens (including phenoxy) is 1. The van der Waals surface area contributed by atoms with Gasteiger partial charge in [0.05, 0.1) is 0 Å². The molecule has 19 heavy (non-hydrogen) atoms. The smallest absolute Gasteiger partial charge is 0.133 e. The number of nitrogens with one attached hydrogen (secondary N) is 1. The molecule has 0 fully saturated rings. The van der Waals surface area contributed by atoms with E-state index >= 15 is 0 Å². The molecule has 0 bridgehead atoms. The second kappa shape index (κ2) is 6.29. The van der Waals surface area contributed by atoms with E-state index in [4.69, 9.17) is 27.9 Å². The Balaban J connectivity index is 2.35. The normalized spacial score (nSPS) is 10.5. The van der Waals surface area contributed by atoms with Gasteiger partial charge in [0.15, 0.2) is 0 Å². The summed E-state index contributed by atoms with van der Waals surface area (Å²) in [5.41, 5.74) is 1.93. The molecule has 0 aliphatic heterocycles. The SMILES string of the molecule is CNCc1c(Cl)cccc1Oc1ccc(Cl)cc1C. The molecule has 0 aliphatic rings. The lowest BCUT2D eigenvalue weighted by atomic mass is 10.2. The molecular weight excluding hydrogens is 281 g/mol. The van der Waals surface area contributed by atoms with Crippen LogP contribution < -0.4 is 10.1 Å². The second-order valence-electron chi connectivity index (χ2n) is 4.26. The van der Waals surface area contributed by atoms with Crippen LogP contribution in [0.1, 0.15) is 11.1 Å².